The summed E-state index contributed by atoms with van der Waals surface area (Å²) in [6.45, 7) is 0.815. The summed E-state index contributed by atoms with van der Waals surface area (Å²) in [5, 5.41) is 0. The minimum absolute atomic E-state index is 0.0866. The topological polar surface area (TPSA) is 46.3 Å². The highest BCUT2D eigenvalue weighted by Gasteiger charge is 2.36. The van der Waals surface area contributed by atoms with E-state index < -0.39 is 0 Å². The van der Waals surface area contributed by atoms with E-state index in [-0.39, 0.29) is 12.1 Å². The molecule has 25 heavy (non-hydrogen) atoms. The number of likely N-dealkylation sites (tertiary alicyclic amines) is 1. The zero-order valence-corrected chi connectivity index (χ0v) is 14.6. The smallest absolute Gasteiger partial charge is 0.223 e. The van der Waals surface area contributed by atoms with Gasteiger partial charge in [0.05, 0.1) is 6.04 Å². The van der Waals surface area contributed by atoms with E-state index >= 15 is 0 Å². The van der Waals surface area contributed by atoms with Crippen molar-refractivity contribution in [2.75, 3.05) is 6.54 Å². The van der Waals surface area contributed by atoms with E-state index in [4.69, 9.17) is 5.73 Å². The van der Waals surface area contributed by atoms with Gasteiger partial charge in [0.25, 0.3) is 0 Å². The lowest BCUT2D eigenvalue weighted by atomic mass is 9.97. The zero-order chi connectivity index (χ0) is 17.2. The lowest BCUT2D eigenvalue weighted by Gasteiger charge is -2.27. The third-order valence-corrected chi connectivity index (χ3v) is 5.56. The van der Waals surface area contributed by atoms with Crippen molar-refractivity contribution in [2.45, 2.75) is 44.2 Å². The first-order valence-electron chi connectivity index (χ1n) is 9.40. The van der Waals surface area contributed by atoms with Crippen LogP contribution >= 0.6 is 0 Å². The molecule has 2 N–H and O–H groups in total. The minimum atomic E-state index is 0.0866. The number of nitrogens with two attached hydrogens (primary N) is 1. The molecule has 0 bridgehead atoms. The van der Waals surface area contributed by atoms with Crippen LogP contribution < -0.4 is 5.73 Å². The maximum absolute atomic E-state index is 12.6. The van der Waals surface area contributed by atoms with Crippen LogP contribution in [-0.4, -0.2) is 29.4 Å². The van der Waals surface area contributed by atoms with Crippen LogP contribution in [0.1, 0.15) is 31.2 Å². The molecule has 2 aliphatic rings. The van der Waals surface area contributed by atoms with Crippen molar-refractivity contribution in [1.82, 2.24) is 4.90 Å². The molecule has 1 saturated carbocycles. The van der Waals surface area contributed by atoms with Crippen molar-refractivity contribution in [3.8, 4) is 11.1 Å². The van der Waals surface area contributed by atoms with Crippen molar-refractivity contribution in [3.63, 3.8) is 0 Å². The standard InChI is InChI=1S/C22H26N2O/c23-20-11-12-24(22(25)15-16-9-10-16)21(20)14-17-5-4-8-19(13-17)18-6-2-1-3-7-18/h1-8,13,16,20-21H,9-12,14-15,23H2. The van der Waals surface area contributed by atoms with Crippen LogP contribution in [-0.2, 0) is 11.2 Å². The fraction of sp³-hybridized carbons (Fsp3) is 0.409. The molecule has 0 aromatic heterocycles. The molecule has 1 aliphatic heterocycles. The Morgan fingerprint density at radius 3 is 2.52 bits per heavy atom. The van der Waals surface area contributed by atoms with Crippen LogP contribution in [0, 0.1) is 5.92 Å². The number of benzene rings is 2. The monoisotopic (exact) mass is 334 g/mol. The largest absolute Gasteiger partial charge is 0.338 e. The molecule has 2 aromatic carbocycles. The molecule has 2 atom stereocenters. The van der Waals surface area contributed by atoms with Crippen molar-refractivity contribution in [2.24, 2.45) is 11.7 Å². The highest BCUT2D eigenvalue weighted by Crippen LogP contribution is 2.34. The maximum atomic E-state index is 12.6. The van der Waals surface area contributed by atoms with Gasteiger partial charge < -0.3 is 10.6 Å². The second-order valence-electron chi connectivity index (χ2n) is 7.53. The fourth-order valence-corrected chi connectivity index (χ4v) is 3.88. The molecule has 130 valence electrons. The van der Waals surface area contributed by atoms with E-state index in [1.807, 2.05) is 6.07 Å². The third-order valence-electron chi connectivity index (χ3n) is 5.56. The number of hydrogen-bond acceptors (Lipinski definition) is 2. The number of carbonyl (C=O) groups is 1. The molecule has 1 heterocycles. The van der Waals surface area contributed by atoms with Gasteiger partial charge in [-0.2, -0.15) is 0 Å². The summed E-state index contributed by atoms with van der Waals surface area (Å²) < 4.78 is 0. The van der Waals surface area contributed by atoms with Gasteiger partial charge in [-0.05, 0) is 48.3 Å². The zero-order valence-electron chi connectivity index (χ0n) is 14.6. The number of rotatable bonds is 5. The molecule has 0 spiro atoms. The quantitative estimate of drug-likeness (QED) is 0.908. The molecule has 2 aromatic rings. The lowest BCUT2D eigenvalue weighted by Crippen LogP contribution is -2.44. The Hall–Kier alpha value is -2.13. The van der Waals surface area contributed by atoms with E-state index in [0.717, 1.165) is 19.4 Å². The van der Waals surface area contributed by atoms with Crippen molar-refractivity contribution >= 4 is 5.91 Å². The Bertz CT molecular complexity index is 739. The van der Waals surface area contributed by atoms with Gasteiger partial charge in [-0.1, -0.05) is 54.6 Å². The van der Waals surface area contributed by atoms with Gasteiger partial charge in [0, 0.05) is 19.0 Å². The Morgan fingerprint density at radius 1 is 1.00 bits per heavy atom. The van der Waals surface area contributed by atoms with Crippen molar-refractivity contribution in [3.05, 3.63) is 60.2 Å². The molecular weight excluding hydrogens is 308 g/mol. The molecule has 3 nitrogen and oxygen atoms in total. The average molecular weight is 334 g/mol. The molecule has 3 heteroatoms. The van der Waals surface area contributed by atoms with Gasteiger partial charge in [0.15, 0.2) is 0 Å². The molecule has 4 rings (SSSR count). The molecule has 2 unspecified atom stereocenters. The molecule has 1 aliphatic carbocycles. The summed E-state index contributed by atoms with van der Waals surface area (Å²) in [7, 11) is 0. The predicted octanol–water partition coefficient (Wildman–Crippen LogP) is 3.62. The van der Waals surface area contributed by atoms with Gasteiger partial charge in [-0.15, -0.1) is 0 Å². The van der Waals surface area contributed by atoms with Crippen molar-refractivity contribution in [1.29, 1.82) is 0 Å². The Balaban J connectivity index is 1.50. The number of carbonyl (C=O) groups excluding carboxylic acids is 1. The van der Waals surface area contributed by atoms with E-state index in [0.29, 0.717) is 18.2 Å². The summed E-state index contributed by atoms with van der Waals surface area (Å²) in [5.74, 6) is 0.936. The summed E-state index contributed by atoms with van der Waals surface area (Å²) in [6, 6.07) is 19.3. The maximum Gasteiger partial charge on any atom is 0.223 e. The number of hydrogen-bond donors (Lipinski definition) is 1. The van der Waals surface area contributed by atoms with Crippen LogP contribution in [0.4, 0.5) is 0 Å². The first-order chi connectivity index (χ1) is 12.2. The molecule has 2 fully saturated rings. The van der Waals surface area contributed by atoms with Crippen molar-refractivity contribution < 1.29 is 4.79 Å². The van der Waals surface area contributed by atoms with E-state index in [9.17, 15) is 4.79 Å². The minimum Gasteiger partial charge on any atom is -0.338 e. The Kier molecular flexibility index (Phi) is 4.58. The van der Waals surface area contributed by atoms with Crippen LogP contribution in [0.3, 0.4) is 0 Å². The first kappa shape index (κ1) is 16.3. The van der Waals surface area contributed by atoms with E-state index in [2.05, 4.69) is 53.4 Å². The van der Waals surface area contributed by atoms with Gasteiger partial charge in [0.1, 0.15) is 0 Å². The second-order valence-corrected chi connectivity index (χ2v) is 7.53. The summed E-state index contributed by atoms with van der Waals surface area (Å²) in [4.78, 5) is 14.7. The normalized spacial score (nSPS) is 23.0. The molecule has 1 saturated heterocycles. The summed E-state index contributed by atoms with van der Waals surface area (Å²) >= 11 is 0. The number of amides is 1. The average Bonchev–Trinajstić information content (AvgIpc) is 3.38. The molecule has 0 radical (unpaired) electrons. The summed E-state index contributed by atoms with van der Waals surface area (Å²) in [5.41, 5.74) is 10.1. The third kappa shape index (κ3) is 3.77. The highest BCUT2D eigenvalue weighted by molar-refractivity contribution is 5.77. The SMILES string of the molecule is NC1CCN(C(=O)CC2CC2)C1Cc1cccc(-c2ccccc2)c1. The van der Waals surface area contributed by atoms with Gasteiger partial charge in [-0.25, -0.2) is 0 Å². The van der Waals surface area contributed by atoms with Crippen LogP contribution in [0.15, 0.2) is 54.6 Å². The molecule has 1 amide bonds. The van der Waals surface area contributed by atoms with Crippen LogP contribution in [0.5, 0.6) is 0 Å². The Morgan fingerprint density at radius 2 is 1.76 bits per heavy atom. The van der Waals surface area contributed by atoms with Gasteiger partial charge in [0.2, 0.25) is 5.91 Å². The number of nitrogens with zero attached hydrogens (tertiary/aromatic N) is 1. The lowest BCUT2D eigenvalue weighted by molar-refractivity contribution is -0.132. The molecular formula is C22H26N2O. The fourth-order valence-electron chi connectivity index (χ4n) is 3.88. The first-order valence-corrected chi connectivity index (χ1v) is 9.40. The second kappa shape index (κ2) is 7.01. The van der Waals surface area contributed by atoms with Crippen LogP contribution in [0.2, 0.25) is 0 Å². The summed E-state index contributed by atoms with van der Waals surface area (Å²) in [6.07, 6.45) is 4.91. The van der Waals surface area contributed by atoms with Gasteiger partial charge in [-0.3, -0.25) is 4.79 Å². The van der Waals surface area contributed by atoms with E-state index in [1.165, 1.54) is 29.5 Å². The predicted molar refractivity (Wildman–Crippen MR) is 101 cm³/mol. The highest BCUT2D eigenvalue weighted by atomic mass is 16.2. The van der Waals surface area contributed by atoms with Gasteiger partial charge >= 0.3 is 0 Å². The Labute approximate surface area is 149 Å². The van der Waals surface area contributed by atoms with E-state index in [1.54, 1.807) is 0 Å². The van der Waals surface area contributed by atoms with Crippen LogP contribution in [0.25, 0.3) is 11.1 Å².